The van der Waals surface area contributed by atoms with Gasteiger partial charge in [0.2, 0.25) is 0 Å². The molecule has 0 unspecified atom stereocenters. The van der Waals surface area contributed by atoms with Crippen molar-refractivity contribution in [2.75, 3.05) is 30.7 Å². The average molecular weight is 220 g/mol. The van der Waals surface area contributed by atoms with Gasteiger partial charge >= 0.3 is 0 Å². The van der Waals surface area contributed by atoms with Crippen molar-refractivity contribution in [3.05, 3.63) is 18.3 Å². The lowest BCUT2D eigenvalue weighted by Crippen LogP contribution is -2.31. The van der Waals surface area contributed by atoms with E-state index in [1.165, 1.54) is 12.8 Å². The molecular formula is C12H20N4. The first-order valence-corrected chi connectivity index (χ1v) is 5.99. The predicted molar refractivity (Wildman–Crippen MR) is 67.4 cm³/mol. The van der Waals surface area contributed by atoms with E-state index in [4.69, 9.17) is 5.73 Å². The minimum atomic E-state index is 0.719. The van der Waals surface area contributed by atoms with Crippen molar-refractivity contribution in [2.45, 2.75) is 25.8 Å². The van der Waals surface area contributed by atoms with Crippen LogP contribution in [0.2, 0.25) is 0 Å². The van der Waals surface area contributed by atoms with Crippen LogP contribution in [0.25, 0.3) is 0 Å². The summed E-state index contributed by atoms with van der Waals surface area (Å²) in [6, 6.07) is 4.55. The molecule has 4 heteroatoms. The normalized spacial score (nSPS) is 15.4. The highest BCUT2D eigenvalue weighted by Crippen LogP contribution is 2.26. The number of anilines is 2. The number of rotatable bonds is 6. The molecule has 1 saturated carbocycles. The molecule has 0 atom stereocenters. The van der Waals surface area contributed by atoms with Crippen molar-refractivity contribution in [1.29, 1.82) is 0 Å². The Morgan fingerprint density at radius 2 is 2.38 bits per heavy atom. The molecule has 0 spiro atoms. The van der Waals surface area contributed by atoms with Crippen LogP contribution in [-0.2, 0) is 0 Å². The van der Waals surface area contributed by atoms with Gasteiger partial charge in [0.25, 0.3) is 0 Å². The Bertz CT molecular complexity index is 336. The Morgan fingerprint density at radius 1 is 1.56 bits per heavy atom. The molecule has 88 valence electrons. The van der Waals surface area contributed by atoms with E-state index in [9.17, 15) is 0 Å². The molecule has 0 amide bonds. The minimum absolute atomic E-state index is 0.719. The summed E-state index contributed by atoms with van der Waals surface area (Å²) in [6.45, 7) is 5.32. The van der Waals surface area contributed by atoms with E-state index in [1.807, 2.05) is 12.1 Å². The summed E-state index contributed by atoms with van der Waals surface area (Å²) in [5.41, 5.74) is 6.52. The van der Waals surface area contributed by atoms with Crippen molar-refractivity contribution in [2.24, 2.45) is 0 Å². The molecule has 0 aliphatic heterocycles. The zero-order chi connectivity index (χ0) is 11.4. The Kier molecular flexibility index (Phi) is 3.62. The van der Waals surface area contributed by atoms with Crippen molar-refractivity contribution < 1.29 is 0 Å². The smallest absolute Gasteiger partial charge is 0.149 e. The van der Waals surface area contributed by atoms with E-state index in [-0.39, 0.29) is 0 Å². The molecule has 0 saturated heterocycles. The maximum Gasteiger partial charge on any atom is 0.149 e. The number of hydrogen-bond donors (Lipinski definition) is 2. The van der Waals surface area contributed by atoms with Crippen molar-refractivity contribution in [3.8, 4) is 0 Å². The highest BCUT2D eigenvalue weighted by Gasteiger charge is 2.27. The molecule has 0 bridgehead atoms. The van der Waals surface area contributed by atoms with Crippen LogP contribution in [0.5, 0.6) is 0 Å². The number of aromatic nitrogens is 1. The first kappa shape index (κ1) is 11.2. The Hall–Kier alpha value is -1.29. The SMILES string of the molecule is CCN(CCNc1ncccc1N)C1CC1. The first-order chi connectivity index (χ1) is 7.81. The van der Waals surface area contributed by atoms with Crippen molar-refractivity contribution in [3.63, 3.8) is 0 Å². The highest BCUT2D eigenvalue weighted by molar-refractivity contribution is 5.60. The number of nitrogen functional groups attached to an aromatic ring is 1. The van der Waals surface area contributed by atoms with Crippen LogP contribution in [0.4, 0.5) is 11.5 Å². The zero-order valence-corrected chi connectivity index (χ0v) is 9.82. The second kappa shape index (κ2) is 5.16. The van der Waals surface area contributed by atoms with E-state index in [0.29, 0.717) is 0 Å². The van der Waals surface area contributed by atoms with E-state index in [2.05, 4.69) is 22.1 Å². The van der Waals surface area contributed by atoms with Crippen LogP contribution in [0.15, 0.2) is 18.3 Å². The van der Waals surface area contributed by atoms with Gasteiger partial charge in [0, 0.05) is 25.3 Å². The Morgan fingerprint density at radius 3 is 3.00 bits per heavy atom. The molecule has 1 aliphatic carbocycles. The van der Waals surface area contributed by atoms with Crippen LogP contribution >= 0.6 is 0 Å². The number of nitrogens with zero attached hydrogens (tertiary/aromatic N) is 2. The van der Waals surface area contributed by atoms with Gasteiger partial charge in [0.15, 0.2) is 0 Å². The fourth-order valence-electron chi connectivity index (χ4n) is 1.92. The number of pyridine rings is 1. The van der Waals surface area contributed by atoms with Gasteiger partial charge in [-0.2, -0.15) is 0 Å². The summed E-state index contributed by atoms with van der Waals surface area (Å²) in [7, 11) is 0. The summed E-state index contributed by atoms with van der Waals surface area (Å²) in [4.78, 5) is 6.71. The Balaban J connectivity index is 1.77. The predicted octanol–water partition coefficient (Wildman–Crippen LogP) is 1.56. The van der Waals surface area contributed by atoms with E-state index in [0.717, 1.165) is 37.2 Å². The Labute approximate surface area is 96.8 Å². The summed E-state index contributed by atoms with van der Waals surface area (Å²) >= 11 is 0. The largest absolute Gasteiger partial charge is 0.396 e. The summed E-state index contributed by atoms with van der Waals surface area (Å²) < 4.78 is 0. The lowest BCUT2D eigenvalue weighted by molar-refractivity contribution is 0.289. The maximum absolute atomic E-state index is 5.80. The fraction of sp³-hybridized carbons (Fsp3) is 0.583. The summed E-state index contributed by atoms with van der Waals surface area (Å²) in [5, 5.41) is 3.28. The number of nitrogens with two attached hydrogens (primary N) is 1. The fourth-order valence-corrected chi connectivity index (χ4v) is 1.92. The number of hydrogen-bond acceptors (Lipinski definition) is 4. The lowest BCUT2D eigenvalue weighted by atomic mass is 10.4. The molecule has 0 radical (unpaired) electrons. The molecule has 0 aromatic carbocycles. The van der Waals surface area contributed by atoms with Gasteiger partial charge in [0.05, 0.1) is 5.69 Å². The molecular weight excluding hydrogens is 200 g/mol. The van der Waals surface area contributed by atoms with Crippen LogP contribution in [0, 0.1) is 0 Å². The molecule has 3 N–H and O–H groups in total. The third-order valence-electron chi connectivity index (χ3n) is 3.00. The average Bonchev–Trinajstić information content (AvgIpc) is 3.11. The van der Waals surface area contributed by atoms with Crippen LogP contribution < -0.4 is 11.1 Å². The third-order valence-corrected chi connectivity index (χ3v) is 3.00. The highest BCUT2D eigenvalue weighted by atomic mass is 15.2. The van der Waals surface area contributed by atoms with Crippen molar-refractivity contribution >= 4 is 11.5 Å². The molecule has 2 rings (SSSR count). The lowest BCUT2D eigenvalue weighted by Gasteiger charge is -2.20. The van der Waals surface area contributed by atoms with Gasteiger partial charge in [-0.15, -0.1) is 0 Å². The molecule has 16 heavy (non-hydrogen) atoms. The maximum atomic E-state index is 5.80. The molecule has 1 fully saturated rings. The van der Waals surface area contributed by atoms with Crippen LogP contribution in [0.1, 0.15) is 19.8 Å². The third kappa shape index (κ3) is 2.85. The second-order valence-electron chi connectivity index (χ2n) is 4.23. The van der Waals surface area contributed by atoms with Gasteiger partial charge in [-0.1, -0.05) is 6.92 Å². The molecule has 4 nitrogen and oxygen atoms in total. The molecule has 1 aliphatic rings. The molecule has 1 heterocycles. The van der Waals surface area contributed by atoms with Gasteiger partial charge in [0.1, 0.15) is 5.82 Å². The van der Waals surface area contributed by atoms with Crippen molar-refractivity contribution in [1.82, 2.24) is 9.88 Å². The molecule has 1 aromatic rings. The minimum Gasteiger partial charge on any atom is -0.396 e. The van der Waals surface area contributed by atoms with Gasteiger partial charge in [-0.3, -0.25) is 4.90 Å². The zero-order valence-electron chi connectivity index (χ0n) is 9.82. The molecule has 1 aromatic heterocycles. The van der Waals surface area contributed by atoms with Crippen LogP contribution in [-0.4, -0.2) is 35.6 Å². The van der Waals surface area contributed by atoms with Gasteiger partial charge in [-0.05, 0) is 31.5 Å². The first-order valence-electron chi connectivity index (χ1n) is 5.99. The van der Waals surface area contributed by atoms with Gasteiger partial charge in [-0.25, -0.2) is 4.98 Å². The quantitative estimate of drug-likeness (QED) is 0.764. The van der Waals surface area contributed by atoms with Gasteiger partial charge < -0.3 is 11.1 Å². The monoisotopic (exact) mass is 220 g/mol. The summed E-state index contributed by atoms with van der Waals surface area (Å²) in [5.74, 6) is 0.800. The summed E-state index contributed by atoms with van der Waals surface area (Å²) in [6.07, 6.45) is 4.48. The second-order valence-corrected chi connectivity index (χ2v) is 4.23. The van der Waals surface area contributed by atoms with E-state index in [1.54, 1.807) is 6.20 Å². The standard InChI is InChI=1S/C12H20N4/c1-2-16(10-5-6-10)9-8-15-12-11(13)4-3-7-14-12/h3-4,7,10H,2,5-6,8-9,13H2,1H3,(H,14,15). The van der Waals surface area contributed by atoms with Crippen LogP contribution in [0.3, 0.4) is 0 Å². The number of nitrogens with one attached hydrogen (secondary N) is 1. The number of likely N-dealkylation sites (N-methyl/N-ethyl adjacent to an activating group) is 1. The van der Waals surface area contributed by atoms with E-state index >= 15 is 0 Å². The van der Waals surface area contributed by atoms with E-state index < -0.39 is 0 Å². The topological polar surface area (TPSA) is 54.2 Å².